The topological polar surface area (TPSA) is 9.23 Å². The smallest absolute Gasteiger partial charge is 0.144 e. The Labute approximate surface area is 283 Å². The highest BCUT2D eigenvalue weighted by atomic mass is 16.5. The number of hydrogen-bond acceptors (Lipinski definition) is 1. The van der Waals surface area contributed by atoms with Crippen LogP contribution in [0.3, 0.4) is 0 Å². The molecule has 226 valence electrons. The molecule has 1 nitrogen and oxygen atoms in total. The minimum atomic E-state index is 0.904. The fourth-order valence-corrected chi connectivity index (χ4v) is 8.28. The maximum atomic E-state index is 6.82. The first kappa shape index (κ1) is 26.6. The van der Waals surface area contributed by atoms with Crippen LogP contribution in [0.15, 0.2) is 170 Å². The molecule has 0 aliphatic carbocycles. The van der Waals surface area contributed by atoms with Crippen molar-refractivity contribution in [3.63, 3.8) is 0 Å². The Bertz CT molecular complexity index is 3020. The van der Waals surface area contributed by atoms with E-state index in [1.54, 1.807) is 0 Å². The lowest BCUT2D eigenvalue weighted by molar-refractivity contribution is 0.489. The number of ether oxygens (including phenoxy) is 1. The van der Waals surface area contributed by atoms with Gasteiger partial charge < -0.3 is 4.74 Å². The van der Waals surface area contributed by atoms with Crippen molar-refractivity contribution in [1.29, 1.82) is 0 Å². The monoisotopic (exact) mass is 620 g/mol. The van der Waals surface area contributed by atoms with Gasteiger partial charge in [0, 0.05) is 16.5 Å². The van der Waals surface area contributed by atoms with Crippen molar-refractivity contribution in [2.45, 2.75) is 0 Å². The van der Waals surface area contributed by atoms with Gasteiger partial charge >= 0.3 is 0 Å². The van der Waals surface area contributed by atoms with Crippen molar-refractivity contribution in [3.8, 4) is 44.9 Å². The molecule has 10 aromatic rings. The van der Waals surface area contributed by atoms with E-state index in [0.717, 1.165) is 28.2 Å². The molecular weight excluding hydrogens is 593 g/mol. The summed E-state index contributed by atoms with van der Waals surface area (Å²) >= 11 is 0. The van der Waals surface area contributed by atoms with E-state index in [2.05, 4.69) is 170 Å². The van der Waals surface area contributed by atoms with Gasteiger partial charge in [-0.15, -0.1) is 0 Å². The molecule has 1 aliphatic heterocycles. The van der Waals surface area contributed by atoms with Gasteiger partial charge in [0.1, 0.15) is 11.5 Å². The summed E-state index contributed by atoms with van der Waals surface area (Å²) in [7, 11) is 0. The van der Waals surface area contributed by atoms with Gasteiger partial charge in [-0.25, -0.2) is 0 Å². The largest absolute Gasteiger partial charge is 0.455 e. The van der Waals surface area contributed by atoms with Gasteiger partial charge in [0.05, 0.1) is 0 Å². The molecule has 49 heavy (non-hydrogen) atoms. The number of hydrogen-bond donors (Lipinski definition) is 0. The number of benzene rings is 10. The molecular formula is C48H28O. The average Bonchev–Trinajstić information content (AvgIpc) is 3.17. The molecule has 0 amide bonds. The van der Waals surface area contributed by atoms with E-state index >= 15 is 0 Å². The average molecular weight is 621 g/mol. The van der Waals surface area contributed by atoms with E-state index in [9.17, 15) is 0 Å². The predicted molar refractivity (Wildman–Crippen MR) is 208 cm³/mol. The molecule has 0 saturated heterocycles. The maximum Gasteiger partial charge on any atom is 0.144 e. The van der Waals surface area contributed by atoms with Gasteiger partial charge in [-0.3, -0.25) is 0 Å². The molecule has 0 fully saturated rings. The highest BCUT2D eigenvalue weighted by Gasteiger charge is 2.25. The summed E-state index contributed by atoms with van der Waals surface area (Å²) in [6, 6.07) is 62.1. The molecule has 1 heterocycles. The summed E-state index contributed by atoms with van der Waals surface area (Å²) < 4.78 is 6.82. The van der Waals surface area contributed by atoms with E-state index < -0.39 is 0 Å². The van der Waals surface area contributed by atoms with Gasteiger partial charge in [-0.05, 0) is 106 Å². The molecule has 0 spiro atoms. The molecule has 11 rings (SSSR count). The second-order valence-electron chi connectivity index (χ2n) is 13.2. The fourth-order valence-electron chi connectivity index (χ4n) is 8.28. The van der Waals surface area contributed by atoms with E-state index in [4.69, 9.17) is 4.74 Å². The van der Waals surface area contributed by atoms with Crippen LogP contribution in [0.4, 0.5) is 0 Å². The molecule has 0 unspecified atom stereocenters. The van der Waals surface area contributed by atoms with Crippen molar-refractivity contribution >= 4 is 64.6 Å². The molecule has 0 radical (unpaired) electrons. The summed E-state index contributed by atoms with van der Waals surface area (Å²) in [5, 5.41) is 15.0. The van der Waals surface area contributed by atoms with Gasteiger partial charge in [-0.2, -0.15) is 0 Å². The first-order valence-electron chi connectivity index (χ1n) is 16.9. The second kappa shape index (κ2) is 10.0. The normalized spacial score (nSPS) is 12.2. The molecule has 0 saturated carbocycles. The molecule has 0 aromatic heterocycles. The molecule has 10 aromatic carbocycles. The Kier molecular flexibility index (Phi) is 5.45. The third kappa shape index (κ3) is 3.87. The van der Waals surface area contributed by atoms with Crippen molar-refractivity contribution in [2.75, 3.05) is 0 Å². The van der Waals surface area contributed by atoms with Gasteiger partial charge in [0.15, 0.2) is 0 Å². The quantitative estimate of drug-likeness (QED) is 0.175. The van der Waals surface area contributed by atoms with E-state index in [0.29, 0.717) is 0 Å². The number of rotatable bonds is 2. The van der Waals surface area contributed by atoms with Gasteiger partial charge in [-0.1, -0.05) is 146 Å². The van der Waals surface area contributed by atoms with Crippen molar-refractivity contribution in [2.24, 2.45) is 0 Å². The Hall–Kier alpha value is -6.44. The lowest BCUT2D eigenvalue weighted by Gasteiger charge is -2.25. The van der Waals surface area contributed by atoms with Crippen LogP contribution in [0.1, 0.15) is 0 Å². The number of fused-ring (bicyclic) bond motifs is 10. The summed E-state index contributed by atoms with van der Waals surface area (Å²) in [6.45, 7) is 0. The Morgan fingerprint density at radius 3 is 1.71 bits per heavy atom. The Morgan fingerprint density at radius 1 is 0.306 bits per heavy atom. The molecule has 0 bridgehead atoms. The molecule has 1 heteroatoms. The lowest BCUT2D eigenvalue weighted by Crippen LogP contribution is -2.00. The van der Waals surface area contributed by atoms with E-state index in [-0.39, 0.29) is 0 Å². The zero-order valence-corrected chi connectivity index (χ0v) is 26.6. The highest BCUT2D eigenvalue weighted by Crippen LogP contribution is 2.53. The van der Waals surface area contributed by atoms with Crippen LogP contribution < -0.4 is 4.74 Å². The van der Waals surface area contributed by atoms with Crippen LogP contribution in [0.5, 0.6) is 11.5 Å². The third-order valence-corrected chi connectivity index (χ3v) is 10.6. The van der Waals surface area contributed by atoms with E-state index in [1.165, 1.54) is 81.3 Å². The summed E-state index contributed by atoms with van der Waals surface area (Å²) in [5.74, 6) is 1.84. The SMILES string of the molecule is c1ccc2c(c1)Oc1c(-c3ccc4cc(-c5ccc6ccc7c8ccccc8ccc7c6c5)ccc4c3)c3ccccc3c3cccc-2c13. The first-order chi connectivity index (χ1) is 24.3. The highest BCUT2D eigenvalue weighted by molar-refractivity contribution is 6.22. The molecule has 1 aliphatic rings. The van der Waals surface area contributed by atoms with Crippen LogP contribution in [0, 0.1) is 0 Å². The van der Waals surface area contributed by atoms with Crippen LogP contribution in [-0.4, -0.2) is 0 Å². The van der Waals surface area contributed by atoms with Crippen molar-refractivity contribution in [1.82, 2.24) is 0 Å². The van der Waals surface area contributed by atoms with Crippen LogP contribution in [0.2, 0.25) is 0 Å². The molecule has 0 atom stereocenters. The van der Waals surface area contributed by atoms with Crippen LogP contribution in [-0.2, 0) is 0 Å². The van der Waals surface area contributed by atoms with Crippen molar-refractivity contribution < 1.29 is 4.74 Å². The summed E-state index contributed by atoms with van der Waals surface area (Å²) in [6.07, 6.45) is 0. The predicted octanol–water partition coefficient (Wildman–Crippen LogP) is 13.7. The minimum Gasteiger partial charge on any atom is -0.455 e. The standard InChI is InChI=1S/C48H28O/c1-2-9-36-29(8-1)22-25-39-38(36)24-23-30-16-17-34(28-44(30)39)32-18-19-33-27-35(21-20-31(33)26-32)46-41-12-4-3-10-37(41)42-13-7-14-43-40-11-5-6-15-45(40)49-48(46)47(42)43/h1-28H. The van der Waals surface area contributed by atoms with Crippen LogP contribution >= 0.6 is 0 Å². The fraction of sp³-hybridized carbons (Fsp3) is 0. The maximum absolute atomic E-state index is 6.82. The third-order valence-electron chi connectivity index (χ3n) is 10.6. The second-order valence-corrected chi connectivity index (χ2v) is 13.2. The Balaban J connectivity index is 1.08. The zero-order chi connectivity index (χ0) is 32.1. The first-order valence-corrected chi connectivity index (χ1v) is 16.9. The van der Waals surface area contributed by atoms with E-state index in [1.807, 2.05) is 0 Å². The van der Waals surface area contributed by atoms with Gasteiger partial charge in [0.25, 0.3) is 0 Å². The Morgan fingerprint density at radius 2 is 0.857 bits per heavy atom. The zero-order valence-electron chi connectivity index (χ0n) is 26.6. The minimum absolute atomic E-state index is 0.904. The van der Waals surface area contributed by atoms with Crippen molar-refractivity contribution in [3.05, 3.63) is 170 Å². The van der Waals surface area contributed by atoms with Gasteiger partial charge in [0.2, 0.25) is 0 Å². The van der Waals surface area contributed by atoms with Crippen LogP contribution in [0.25, 0.3) is 98.0 Å². The summed E-state index contributed by atoms with van der Waals surface area (Å²) in [4.78, 5) is 0. The molecule has 0 N–H and O–H groups in total. The summed E-state index contributed by atoms with van der Waals surface area (Å²) in [5.41, 5.74) is 7.11. The lowest BCUT2D eigenvalue weighted by atomic mass is 9.86. The number of para-hydroxylation sites is 1.